The monoisotopic (exact) mass is 662 g/mol. The van der Waals surface area contributed by atoms with Crippen molar-refractivity contribution < 1.29 is 44.6 Å². The van der Waals surface area contributed by atoms with Crippen molar-refractivity contribution in [2.45, 2.75) is 76.9 Å². The van der Waals surface area contributed by atoms with Gasteiger partial charge in [0.2, 0.25) is 0 Å². The van der Waals surface area contributed by atoms with E-state index < -0.39 is 47.3 Å². The Morgan fingerprint density at radius 1 is 0.702 bits per heavy atom. The number of unbranched alkanes of at least 4 members (excludes halogenated alkanes) is 2. The highest BCUT2D eigenvalue weighted by Crippen LogP contribution is 2.41. The Kier molecular flexibility index (Phi) is 10.8. The van der Waals surface area contributed by atoms with Gasteiger partial charge in [0.25, 0.3) is 0 Å². The topological polar surface area (TPSA) is 18.5 Å². The molecule has 0 unspecified atom stereocenters. The Labute approximate surface area is 268 Å². The van der Waals surface area contributed by atoms with E-state index in [2.05, 4.69) is 11.7 Å². The third-order valence-electron chi connectivity index (χ3n) is 8.75. The molecule has 4 aromatic rings. The molecule has 47 heavy (non-hydrogen) atoms. The summed E-state index contributed by atoms with van der Waals surface area (Å²) in [6, 6.07) is 14.1. The van der Waals surface area contributed by atoms with E-state index in [1.165, 1.54) is 43.2 Å². The van der Waals surface area contributed by atoms with Gasteiger partial charge in [-0.1, -0.05) is 62.9 Å². The molecule has 1 saturated carbocycles. The molecule has 2 nitrogen and oxygen atoms in total. The summed E-state index contributed by atoms with van der Waals surface area (Å²) in [5.74, 6) is -5.16. The maximum atomic E-state index is 15.1. The quantitative estimate of drug-likeness (QED) is 0.111. The van der Waals surface area contributed by atoms with Crippen LogP contribution >= 0.6 is 0 Å². The fraction of sp³-hybridized carbons (Fsp3) is 0.351. The van der Waals surface area contributed by atoms with Crippen molar-refractivity contribution in [3.8, 4) is 33.8 Å². The van der Waals surface area contributed by atoms with Crippen LogP contribution in [-0.2, 0) is 6.11 Å². The van der Waals surface area contributed by atoms with Gasteiger partial charge in [-0.15, -0.1) is 0 Å². The second-order valence-corrected chi connectivity index (χ2v) is 11.9. The number of alkyl halides is 4. The molecule has 0 amide bonds. The molecule has 0 spiro atoms. The first-order valence-electron chi connectivity index (χ1n) is 15.7. The van der Waals surface area contributed by atoms with E-state index in [4.69, 9.17) is 4.74 Å². The first-order valence-corrected chi connectivity index (χ1v) is 15.7. The minimum atomic E-state index is -4.32. The van der Waals surface area contributed by atoms with Gasteiger partial charge in [0.05, 0.1) is 0 Å². The molecule has 0 aliphatic heterocycles. The fourth-order valence-corrected chi connectivity index (χ4v) is 6.28. The van der Waals surface area contributed by atoms with Crippen LogP contribution < -0.4 is 9.47 Å². The van der Waals surface area contributed by atoms with E-state index in [1.807, 2.05) is 0 Å². The lowest BCUT2D eigenvalue weighted by Crippen LogP contribution is -2.25. The number of ether oxygens (including phenoxy) is 2. The van der Waals surface area contributed by atoms with Crippen molar-refractivity contribution in [2.75, 3.05) is 0 Å². The lowest BCUT2D eigenvalue weighted by Gasteiger charge is -2.29. The van der Waals surface area contributed by atoms with Crippen LogP contribution in [0.4, 0.5) is 35.1 Å². The summed E-state index contributed by atoms with van der Waals surface area (Å²) in [4.78, 5) is 0. The average Bonchev–Trinajstić information content (AvgIpc) is 3.02. The van der Waals surface area contributed by atoms with Crippen LogP contribution in [0.3, 0.4) is 0 Å². The van der Waals surface area contributed by atoms with E-state index in [9.17, 15) is 17.6 Å². The van der Waals surface area contributed by atoms with Gasteiger partial charge < -0.3 is 9.47 Å². The summed E-state index contributed by atoms with van der Waals surface area (Å²) >= 11 is 0. The van der Waals surface area contributed by atoms with Crippen LogP contribution in [0.2, 0.25) is 0 Å². The molecule has 5 rings (SSSR count). The van der Waals surface area contributed by atoms with E-state index in [-0.39, 0.29) is 22.8 Å². The number of halogens is 8. The van der Waals surface area contributed by atoms with Crippen molar-refractivity contribution in [3.63, 3.8) is 0 Å². The zero-order valence-electron chi connectivity index (χ0n) is 25.7. The Bertz CT molecular complexity index is 1640. The molecule has 4 aromatic carbocycles. The highest BCUT2D eigenvalue weighted by atomic mass is 19.3. The lowest BCUT2D eigenvalue weighted by molar-refractivity contribution is -0.189. The van der Waals surface area contributed by atoms with E-state index in [0.29, 0.717) is 22.6 Å². The summed E-state index contributed by atoms with van der Waals surface area (Å²) < 4.78 is 123. The Balaban J connectivity index is 1.25. The summed E-state index contributed by atoms with van der Waals surface area (Å²) in [7, 11) is 0. The molecule has 0 atom stereocenters. The van der Waals surface area contributed by atoms with E-state index in [1.54, 1.807) is 0 Å². The SMILES string of the molecule is CCCCCC1CCC(c2cc(F)c(C(F)(F)Oc3ccc(-c4ccc(-c5ccc(OC(F)F)c(F)c5)c(F)c4)cc3)c(F)c2)CC1. The maximum Gasteiger partial charge on any atom is 0.432 e. The lowest BCUT2D eigenvalue weighted by atomic mass is 9.77. The smallest absolute Gasteiger partial charge is 0.432 e. The summed E-state index contributed by atoms with van der Waals surface area (Å²) in [6.45, 7) is -1.07. The van der Waals surface area contributed by atoms with Crippen molar-refractivity contribution in [1.29, 1.82) is 0 Å². The van der Waals surface area contributed by atoms with E-state index in [0.717, 1.165) is 81.0 Å². The molecule has 0 saturated heterocycles. The Morgan fingerprint density at radius 3 is 1.91 bits per heavy atom. The molecule has 1 aliphatic carbocycles. The average molecular weight is 663 g/mol. The number of benzene rings is 4. The molecular formula is C37H34F8O2. The number of rotatable bonds is 12. The Morgan fingerprint density at radius 2 is 1.32 bits per heavy atom. The predicted molar refractivity (Wildman–Crippen MR) is 164 cm³/mol. The van der Waals surface area contributed by atoms with Crippen LogP contribution in [0.1, 0.15) is 75.3 Å². The van der Waals surface area contributed by atoms with Crippen LogP contribution in [0.25, 0.3) is 22.3 Å². The van der Waals surface area contributed by atoms with Gasteiger partial charge >= 0.3 is 12.7 Å². The summed E-state index contributed by atoms with van der Waals surface area (Å²) in [6.07, 6.45) is 3.71. The van der Waals surface area contributed by atoms with Gasteiger partial charge in [-0.25, -0.2) is 17.6 Å². The van der Waals surface area contributed by atoms with Gasteiger partial charge in [0.15, 0.2) is 11.6 Å². The molecule has 1 fully saturated rings. The highest BCUT2D eigenvalue weighted by Gasteiger charge is 2.41. The minimum Gasteiger partial charge on any atom is -0.432 e. The molecule has 1 aliphatic rings. The molecule has 0 bridgehead atoms. The van der Waals surface area contributed by atoms with Crippen LogP contribution in [-0.4, -0.2) is 6.61 Å². The maximum absolute atomic E-state index is 15.1. The standard InChI is InChI=1S/C37H34F8O2/c1-2-3-4-5-22-6-8-24(9-7-22)27-20-32(40)35(33(41)21-27)37(44,45)47-28-14-10-23(11-15-28)25-12-16-29(30(38)18-25)26-13-17-34(31(39)19-26)46-36(42)43/h10-22,24,36H,2-9H2,1H3. The minimum absolute atomic E-state index is 0.0130. The van der Waals surface area contributed by atoms with Crippen LogP contribution in [0.15, 0.2) is 72.8 Å². The number of hydrogen-bond acceptors (Lipinski definition) is 2. The second-order valence-electron chi connectivity index (χ2n) is 11.9. The van der Waals surface area contributed by atoms with Crippen LogP contribution in [0, 0.1) is 29.2 Å². The third kappa shape index (κ3) is 8.26. The van der Waals surface area contributed by atoms with Gasteiger partial charge in [0, 0.05) is 5.56 Å². The number of hydrogen-bond donors (Lipinski definition) is 0. The van der Waals surface area contributed by atoms with Gasteiger partial charge in [0.1, 0.15) is 28.8 Å². The molecule has 0 aromatic heterocycles. The molecule has 250 valence electrons. The first-order chi connectivity index (χ1) is 22.4. The molecular weight excluding hydrogens is 628 g/mol. The van der Waals surface area contributed by atoms with Crippen LogP contribution in [0.5, 0.6) is 11.5 Å². The van der Waals surface area contributed by atoms with Gasteiger partial charge in [-0.05, 0) is 102 Å². The predicted octanol–water partition coefficient (Wildman–Crippen LogP) is 12.2. The molecule has 0 heterocycles. The third-order valence-corrected chi connectivity index (χ3v) is 8.75. The summed E-state index contributed by atoms with van der Waals surface area (Å²) in [5, 5.41) is 0. The van der Waals surface area contributed by atoms with Crippen molar-refractivity contribution in [1.82, 2.24) is 0 Å². The summed E-state index contributed by atoms with van der Waals surface area (Å²) in [5.41, 5.74) is -0.290. The Hall–Kier alpha value is -4.08. The molecule has 0 radical (unpaired) electrons. The van der Waals surface area contributed by atoms with Crippen molar-refractivity contribution in [3.05, 3.63) is 107 Å². The molecule has 10 heteroatoms. The van der Waals surface area contributed by atoms with Crippen molar-refractivity contribution >= 4 is 0 Å². The normalized spacial score (nSPS) is 16.8. The fourth-order valence-electron chi connectivity index (χ4n) is 6.28. The second kappa shape index (κ2) is 14.8. The van der Waals surface area contributed by atoms with E-state index >= 15 is 17.6 Å². The zero-order chi connectivity index (χ0) is 33.7. The van der Waals surface area contributed by atoms with Crippen molar-refractivity contribution in [2.24, 2.45) is 5.92 Å². The molecule has 0 N–H and O–H groups in total. The van der Waals surface area contributed by atoms with Gasteiger partial charge in [-0.2, -0.15) is 17.6 Å². The first kappa shape index (κ1) is 34.3. The zero-order valence-corrected chi connectivity index (χ0v) is 25.7. The largest absolute Gasteiger partial charge is 0.432 e. The highest BCUT2D eigenvalue weighted by molar-refractivity contribution is 5.71. The van der Waals surface area contributed by atoms with Gasteiger partial charge in [-0.3, -0.25) is 0 Å².